The van der Waals surface area contributed by atoms with Gasteiger partial charge in [0.1, 0.15) is 17.2 Å². The lowest BCUT2D eigenvalue weighted by Crippen LogP contribution is -2.11. The van der Waals surface area contributed by atoms with Crippen molar-refractivity contribution in [2.75, 3.05) is 13.7 Å². The number of nitrogens with one attached hydrogen (secondary N) is 1. The van der Waals surface area contributed by atoms with Crippen molar-refractivity contribution in [1.29, 1.82) is 0 Å². The standard InChI is InChI=1S/C16H18BrNO2/c1-3-18-11-12-4-5-15(10-16(12)17)20-14-8-6-13(19-2)7-9-14/h4-10,18H,3,11H2,1-2H3. The molecule has 2 aromatic carbocycles. The molecule has 0 heterocycles. The third kappa shape index (κ3) is 3.99. The number of ether oxygens (including phenoxy) is 2. The highest BCUT2D eigenvalue weighted by atomic mass is 79.9. The molecule has 2 aromatic rings. The molecule has 0 aliphatic carbocycles. The minimum absolute atomic E-state index is 0.789. The Morgan fingerprint density at radius 1 is 1.00 bits per heavy atom. The first kappa shape index (κ1) is 14.9. The van der Waals surface area contributed by atoms with Gasteiger partial charge in [-0.1, -0.05) is 28.9 Å². The summed E-state index contributed by atoms with van der Waals surface area (Å²) in [6, 6.07) is 13.6. The Morgan fingerprint density at radius 3 is 2.25 bits per heavy atom. The molecule has 2 rings (SSSR count). The van der Waals surface area contributed by atoms with Gasteiger partial charge < -0.3 is 14.8 Å². The number of benzene rings is 2. The van der Waals surface area contributed by atoms with Gasteiger partial charge in [0.05, 0.1) is 7.11 Å². The maximum absolute atomic E-state index is 5.81. The van der Waals surface area contributed by atoms with E-state index in [9.17, 15) is 0 Å². The Kier molecular flexibility index (Phi) is 5.44. The molecular formula is C16H18BrNO2. The minimum Gasteiger partial charge on any atom is -0.497 e. The van der Waals surface area contributed by atoms with Crippen LogP contribution in [0.4, 0.5) is 0 Å². The maximum atomic E-state index is 5.81. The van der Waals surface area contributed by atoms with Crippen LogP contribution in [0, 0.1) is 0 Å². The van der Waals surface area contributed by atoms with Crippen LogP contribution < -0.4 is 14.8 Å². The molecule has 0 saturated carbocycles. The van der Waals surface area contributed by atoms with Gasteiger partial charge in [0.25, 0.3) is 0 Å². The van der Waals surface area contributed by atoms with Gasteiger partial charge in [-0.15, -0.1) is 0 Å². The Morgan fingerprint density at radius 2 is 1.65 bits per heavy atom. The molecule has 106 valence electrons. The smallest absolute Gasteiger partial charge is 0.128 e. The van der Waals surface area contributed by atoms with Crippen LogP contribution in [0.3, 0.4) is 0 Å². The summed E-state index contributed by atoms with van der Waals surface area (Å²) in [5.41, 5.74) is 1.22. The van der Waals surface area contributed by atoms with Crippen LogP contribution in [0.1, 0.15) is 12.5 Å². The van der Waals surface area contributed by atoms with E-state index in [1.54, 1.807) is 7.11 Å². The largest absolute Gasteiger partial charge is 0.497 e. The fourth-order valence-electron chi connectivity index (χ4n) is 1.77. The van der Waals surface area contributed by atoms with Gasteiger partial charge in [0, 0.05) is 11.0 Å². The lowest BCUT2D eigenvalue weighted by Gasteiger charge is -2.10. The average Bonchev–Trinajstić information content (AvgIpc) is 2.47. The zero-order valence-corrected chi connectivity index (χ0v) is 13.2. The van der Waals surface area contributed by atoms with Crippen molar-refractivity contribution in [3.63, 3.8) is 0 Å². The molecule has 0 unspecified atom stereocenters. The SMILES string of the molecule is CCNCc1ccc(Oc2ccc(OC)cc2)cc1Br. The Balaban J connectivity index is 2.07. The highest BCUT2D eigenvalue weighted by Crippen LogP contribution is 2.28. The summed E-state index contributed by atoms with van der Waals surface area (Å²) in [5, 5.41) is 3.30. The molecule has 0 atom stereocenters. The fourth-order valence-corrected chi connectivity index (χ4v) is 2.27. The summed E-state index contributed by atoms with van der Waals surface area (Å²) < 4.78 is 12.0. The van der Waals surface area contributed by atoms with Crippen molar-refractivity contribution in [1.82, 2.24) is 5.32 Å². The first-order valence-electron chi connectivity index (χ1n) is 6.54. The van der Waals surface area contributed by atoms with Crippen LogP contribution in [0.2, 0.25) is 0 Å². The molecule has 0 aromatic heterocycles. The first-order valence-corrected chi connectivity index (χ1v) is 7.33. The summed E-state index contributed by atoms with van der Waals surface area (Å²) in [4.78, 5) is 0. The van der Waals surface area contributed by atoms with Gasteiger partial charge in [-0.3, -0.25) is 0 Å². The highest BCUT2D eigenvalue weighted by Gasteiger charge is 2.03. The lowest BCUT2D eigenvalue weighted by molar-refractivity contribution is 0.413. The molecule has 0 amide bonds. The Labute approximate surface area is 128 Å². The van der Waals surface area contributed by atoms with Gasteiger partial charge in [-0.2, -0.15) is 0 Å². The second-order valence-electron chi connectivity index (χ2n) is 4.31. The van der Waals surface area contributed by atoms with E-state index >= 15 is 0 Å². The summed E-state index contributed by atoms with van der Waals surface area (Å²) >= 11 is 3.57. The normalized spacial score (nSPS) is 10.3. The highest BCUT2D eigenvalue weighted by molar-refractivity contribution is 9.10. The predicted molar refractivity (Wildman–Crippen MR) is 84.6 cm³/mol. The van der Waals surface area contributed by atoms with E-state index in [4.69, 9.17) is 9.47 Å². The van der Waals surface area contributed by atoms with Crippen molar-refractivity contribution in [3.05, 3.63) is 52.5 Å². The second kappa shape index (κ2) is 7.31. The molecule has 1 N–H and O–H groups in total. The topological polar surface area (TPSA) is 30.5 Å². The quantitative estimate of drug-likeness (QED) is 0.850. The van der Waals surface area contributed by atoms with Crippen LogP contribution in [0.5, 0.6) is 17.2 Å². The molecule has 0 fully saturated rings. The van der Waals surface area contributed by atoms with E-state index < -0.39 is 0 Å². The minimum atomic E-state index is 0.789. The number of rotatable bonds is 6. The number of methoxy groups -OCH3 is 1. The van der Waals surface area contributed by atoms with E-state index in [0.29, 0.717) is 0 Å². The van der Waals surface area contributed by atoms with E-state index in [-0.39, 0.29) is 0 Å². The van der Waals surface area contributed by atoms with Crippen molar-refractivity contribution in [2.24, 2.45) is 0 Å². The van der Waals surface area contributed by atoms with Crippen molar-refractivity contribution in [3.8, 4) is 17.2 Å². The van der Waals surface area contributed by atoms with Crippen LogP contribution in [0.25, 0.3) is 0 Å². The zero-order chi connectivity index (χ0) is 14.4. The number of hydrogen-bond donors (Lipinski definition) is 1. The fraction of sp³-hybridized carbons (Fsp3) is 0.250. The third-order valence-electron chi connectivity index (χ3n) is 2.89. The average molecular weight is 336 g/mol. The summed E-state index contributed by atoms with van der Waals surface area (Å²) in [6.45, 7) is 3.89. The predicted octanol–water partition coefficient (Wildman–Crippen LogP) is 4.36. The van der Waals surface area contributed by atoms with Crippen molar-refractivity contribution < 1.29 is 9.47 Å². The summed E-state index contributed by atoms with van der Waals surface area (Å²) in [5.74, 6) is 2.42. The zero-order valence-electron chi connectivity index (χ0n) is 11.7. The first-order chi connectivity index (χ1) is 9.72. The number of halogens is 1. The molecule has 3 nitrogen and oxygen atoms in total. The van der Waals surface area contributed by atoms with Crippen LogP contribution in [0.15, 0.2) is 46.9 Å². The van der Waals surface area contributed by atoms with Gasteiger partial charge in [0.2, 0.25) is 0 Å². The molecule has 20 heavy (non-hydrogen) atoms. The molecule has 0 radical (unpaired) electrons. The van der Waals surface area contributed by atoms with Gasteiger partial charge >= 0.3 is 0 Å². The third-order valence-corrected chi connectivity index (χ3v) is 3.62. The van der Waals surface area contributed by atoms with Crippen LogP contribution in [-0.4, -0.2) is 13.7 Å². The van der Waals surface area contributed by atoms with E-state index in [0.717, 1.165) is 34.8 Å². The molecular weight excluding hydrogens is 318 g/mol. The van der Waals surface area contributed by atoms with Crippen molar-refractivity contribution >= 4 is 15.9 Å². The molecule has 0 spiro atoms. The van der Waals surface area contributed by atoms with Gasteiger partial charge in [-0.05, 0) is 48.5 Å². The van der Waals surface area contributed by atoms with Gasteiger partial charge in [0.15, 0.2) is 0 Å². The Bertz CT molecular complexity index is 555. The lowest BCUT2D eigenvalue weighted by atomic mass is 10.2. The maximum Gasteiger partial charge on any atom is 0.128 e. The molecule has 4 heteroatoms. The van der Waals surface area contributed by atoms with Crippen LogP contribution in [-0.2, 0) is 6.54 Å². The van der Waals surface area contributed by atoms with Crippen LogP contribution >= 0.6 is 15.9 Å². The van der Waals surface area contributed by atoms with E-state index in [1.165, 1.54) is 5.56 Å². The monoisotopic (exact) mass is 335 g/mol. The van der Waals surface area contributed by atoms with Gasteiger partial charge in [-0.25, -0.2) is 0 Å². The second-order valence-corrected chi connectivity index (χ2v) is 5.17. The molecule has 0 saturated heterocycles. The van der Waals surface area contributed by atoms with Crippen molar-refractivity contribution in [2.45, 2.75) is 13.5 Å². The van der Waals surface area contributed by atoms with E-state index in [1.807, 2.05) is 36.4 Å². The molecule has 0 bridgehead atoms. The Hall–Kier alpha value is -1.52. The summed E-state index contributed by atoms with van der Waals surface area (Å²) in [6.07, 6.45) is 0. The molecule has 0 aliphatic rings. The number of hydrogen-bond acceptors (Lipinski definition) is 3. The van der Waals surface area contributed by atoms with E-state index in [2.05, 4.69) is 34.2 Å². The summed E-state index contributed by atoms with van der Waals surface area (Å²) in [7, 11) is 1.65. The molecule has 0 aliphatic heterocycles.